The second-order valence-electron chi connectivity index (χ2n) is 4.37. The second-order valence-corrected chi connectivity index (χ2v) is 4.81. The van der Waals surface area contributed by atoms with Gasteiger partial charge in [0.2, 0.25) is 0 Å². The summed E-state index contributed by atoms with van der Waals surface area (Å²) in [5.74, 6) is -0.123. The highest BCUT2D eigenvalue weighted by molar-refractivity contribution is 7.80. The van der Waals surface area contributed by atoms with E-state index in [2.05, 4.69) is 5.32 Å². The van der Waals surface area contributed by atoms with Gasteiger partial charge < -0.3 is 16.2 Å². The van der Waals surface area contributed by atoms with Gasteiger partial charge >= 0.3 is 0 Å². The Morgan fingerprint density at radius 1 is 1.25 bits per heavy atom. The summed E-state index contributed by atoms with van der Waals surface area (Å²) < 4.78 is 0. The Balaban J connectivity index is 2.28. The van der Waals surface area contributed by atoms with E-state index < -0.39 is 0 Å². The van der Waals surface area contributed by atoms with Crippen LogP contribution in [0.5, 0.6) is 5.75 Å². The van der Waals surface area contributed by atoms with Crippen LogP contribution in [-0.2, 0) is 0 Å². The van der Waals surface area contributed by atoms with Crippen LogP contribution in [0, 0.1) is 6.92 Å². The van der Waals surface area contributed by atoms with E-state index in [1.165, 1.54) is 6.07 Å². The summed E-state index contributed by atoms with van der Waals surface area (Å²) in [6.07, 6.45) is 0. The number of nitrogens with one attached hydrogen (secondary N) is 1. The van der Waals surface area contributed by atoms with Gasteiger partial charge in [-0.2, -0.15) is 0 Å². The highest BCUT2D eigenvalue weighted by Crippen LogP contribution is 2.19. The molecule has 2 rings (SSSR count). The predicted octanol–water partition coefficient (Wildman–Crippen LogP) is 2.59. The minimum Gasteiger partial charge on any atom is -0.508 e. The molecule has 2 aromatic rings. The summed E-state index contributed by atoms with van der Waals surface area (Å²) in [6.45, 7) is 1.73. The van der Waals surface area contributed by atoms with Crippen molar-refractivity contribution in [3.63, 3.8) is 0 Å². The van der Waals surface area contributed by atoms with Crippen molar-refractivity contribution in [2.75, 3.05) is 5.32 Å². The molecule has 0 saturated heterocycles. The van der Waals surface area contributed by atoms with Gasteiger partial charge in [-0.05, 0) is 42.8 Å². The molecule has 0 saturated carbocycles. The van der Waals surface area contributed by atoms with E-state index in [-0.39, 0.29) is 16.6 Å². The third kappa shape index (κ3) is 2.95. The summed E-state index contributed by atoms with van der Waals surface area (Å²) >= 11 is 4.95. The summed E-state index contributed by atoms with van der Waals surface area (Å²) in [4.78, 5) is 12.4. The third-order valence-corrected chi connectivity index (χ3v) is 3.12. The molecule has 5 heteroatoms. The molecular formula is C15H14N2O2S. The van der Waals surface area contributed by atoms with Crippen LogP contribution in [0.25, 0.3) is 0 Å². The number of hydrogen-bond acceptors (Lipinski definition) is 3. The number of carbonyl (C=O) groups is 1. The first-order valence-corrected chi connectivity index (χ1v) is 6.39. The van der Waals surface area contributed by atoms with Gasteiger partial charge in [-0.1, -0.05) is 24.4 Å². The predicted molar refractivity (Wildman–Crippen MR) is 83.1 cm³/mol. The first-order valence-electron chi connectivity index (χ1n) is 5.99. The zero-order chi connectivity index (χ0) is 14.7. The van der Waals surface area contributed by atoms with Crippen molar-refractivity contribution in [3.05, 3.63) is 59.2 Å². The number of thiocarbonyl (C=S) groups is 1. The number of amides is 1. The van der Waals surface area contributed by atoms with Crippen molar-refractivity contribution in [2.24, 2.45) is 5.73 Å². The van der Waals surface area contributed by atoms with Crippen LogP contribution in [0.4, 0.5) is 5.69 Å². The lowest BCUT2D eigenvalue weighted by atomic mass is 10.1. The number of phenols is 1. The number of aromatic hydroxyl groups is 1. The van der Waals surface area contributed by atoms with Gasteiger partial charge in [0.15, 0.2) is 0 Å². The highest BCUT2D eigenvalue weighted by atomic mass is 32.1. The Morgan fingerprint density at radius 3 is 2.60 bits per heavy atom. The quantitative estimate of drug-likeness (QED) is 0.758. The maximum absolute atomic E-state index is 12.2. The summed E-state index contributed by atoms with van der Waals surface area (Å²) in [6, 6.07) is 11.7. The summed E-state index contributed by atoms with van der Waals surface area (Å²) in [5, 5.41) is 12.2. The number of aryl methyl sites for hydroxylation is 1. The Kier molecular flexibility index (Phi) is 4.00. The molecule has 0 heterocycles. The SMILES string of the molecule is Cc1cc(C(=O)Nc2ccccc2C(N)=S)ccc1O. The molecule has 0 aliphatic carbocycles. The molecule has 4 N–H and O–H groups in total. The lowest BCUT2D eigenvalue weighted by molar-refractivity contribution is 0.102. The number of anilines is 1. The van der Waals surface area contributed by atoms with Crippen molar-refractivity contribution in [1.29, 1.82) is 0 Å². The molecule has 20 heavy (non-hydrogen) atoms. The van der Waals surface area contributed by atoms with Crippen LogP contribution in [0.1, 0.15) is 21.5 Å². The second kappa shape index (κ2) is 5.71. The number of nitrogens with two attached hydrogens (primary N) is 1. The largest absolute Gasteiger partial charge is 0.508 e. The minimum atomic E-state index is -0.281. The van der Waals surface area contributed by atoms with Gasteiger partial charge in [0.25, 0.3) is 5.91 Å². The Hall–Kier alpha value is -2.40. The van der Waals surface area contributed by atoms with Gasteiger partial charge in [0.05, 0.1) is 5.69 Å². The average Bonchev–Trinajstić information content (AvgIpc) is 2.42. The molecule has 0 fully saturated rings. The molecule has 0 aliphatic heterocycles. The molecule has 0 radical (unpaired) electrons. The monoisotopic (exact) mass is 286 g/mol. The Morgan fingerprint density at radius 2 is 1.95 bits per heavy atom. The molecule has 4 nitrogen and oxygen atoms in total. The number of rotatable bonds is 3. The van der Waals surface area contributed by atoms with E-state index in [1.54, 1.807) is 43.3 Å². The highest BCUT2D eigenvalue weighted by Gasteiger charge is 2.11. The van der Waals surface area contributed by atoms with Crippen molar-refractivity contribution in [2.45, 2.75) is 6.92 Å². The standard InChI is InChI=1S/C15H14N2O2S/c1-9-8-10(6-7-13(9)18)15(19)17-12-5-3-2-4-11(12)14(16)20/h2-8,18H,1H3,(H2,16,20)(H,17,19). The minimum absolute atomic E-state index is 0.157. The van der Waals surface area contributed by atoms with E-state index in [9.17, 15) is 9.90 Å². The van der Waals surface area contributed by atoms with Crippen LogP contribution in [0.2, 0.25) is 0 Å². The third-order valence-electron chi connectivity index (χ3n) is 2.90. The lowest BCUT2D eigenvalue weighted by Crippen LogP contribution is -2.17. The molecule has 0 atom stereocenters. The summed E-state index contributed by atoms with van der Waals surface area (Å²) in [7, 11) is 0. The fourth-order valence-electron chi connectivity index (χ4n) is 1.80. The normalized spacial score (nSPS) is 10.1. The molecule has 0 unspecified atom stereocenters. The zero-order valence-electron chi connectivity index (χ0n) is 10.9. The smallest absolute Gasteiger partial charge is 0.255 e. The fourth-order valence-corrected chi connectivity index (χ4v) is 1.98. The fraction of sp³-hybridized carbons (Fsp3) is 0.0667. The van der Waals surface area contributed by atoms with Crippen LogP contribution in [-0.4, -0.2) is 16.0 Å². The Bertz CT molecular complexity index is 683. The molecular weight excluding hydrogens is 272 g/mol. The van der Waals surface area contributed by atoms with Crippen molar-refractivity contribution < 1.29 is 9.90 Å². The molecule has 102 valence electrons. The Labute approximate surface area is 122 Å². The van der Waals surface area contributed by atoms with E-state index in [4.69, 9.17) is 18.0 Å². The first kappa shape index (κ1) is 14.0. The number of carbonyl (C=O) groups excluding carboxylic acids is 1. The van der Waals surface area contributed by atoms with Crippen LogP contribution in [0.15, 0.2) is 42.5 Å². The van der Waals surface area contributed by atoms with Crippen molar-refractivity contribution >= 4 is 28.8 Å². The molecule has 2 aromatic carbocycles. The number of phenolic OH excluding ortho intramolecular Hbond substituents is 1. The van der Waals surface area contributed by atoms with Crippen molar-refractivity contribution in [1.82, 2.24) is 0 Å². The lowest BCUT2D eigenvalue weighted by Gasteiger charge is -2.10. The van der Waals surface area contributed by atoms with Crippen molar-refractivity contribution in [3.8, 4) is 5.75 Å². The van der Waals surface area contributed by atoms with Crippen LogP contribution in [0.3, 0.4) is 0 Å². The van der Waals surface area contributed by atoms with Gasteiger partial charge in [-0.15, -0.1) is 0 Å². The van der Waals surface area contributed by atoms with Crippen LogP contribution < -0.4 is 11.1 Å². The number of benzene rings is 2. The topological polar surface area (TPSA) is 75.4 Å². The first-order chi connectivity index (χ1) is 9.49. The molecule has 0 aliphatic rings. The maximum atomic E-state index is 12.2. The zero-order valence-corrected chi connectivity index (χ0v) is 11.7. The van der Waals surface area contributed by atoms with E-state index in [0.29, 0.717) is 22.4 Å². The van der Waals surface area contributed by atoms with E-state index in [0.717, 1.165) is 0 Å². The van der Waals surface area contributed by atoms with Gasteiger partial charge in [0, 0.05) is 11.1 Å². The molecule has 1 amide bonds. The van der Waals surface area contributed by atoms with Gasteiger partial charge in [-0.3, -0.25) is 4.79 Å². The van der Waals surface area contributed by atoms with E-state index >= 15 is 0 Å². The van der Waals surface area contributed by atoms with Gasteiger partial charge in [-0.25, -0.2) is 0 Å². The molecule has 0 spiro atoms. The maximum Gasteiger partial charge on any atom is 0.255 e. The van der Waals surface area contributed by atoms with Gasteiger partial charge in [0.1, 0.15) is 10.7 Å². The van der Waals surface area contributed by atoms with E-state index in [1.807, 2.05) is 0 Å². The molecule has 0 aromatic heterocycles. The summed E-state index contributed by atoms with van der Waals surface area (Å²) in [5.41, 5.74) is 7.90. The number of hydrogen-bond donors (Lipinski definition) is 3. The number of para-hydroxylation sites is 1. The van der Waals surface area contributed by atoms with Crippen LogP contribution >= 0.6 is 12.2 Å². The molecule has 0 bridgehead atoms. The average molecular weight is 286 g/mol.